The summed E-state index contributed by atoms with van der Waals surface area (Å²) >= 11 is 0. The molecule has 2 nitrogen and oxygen atoms in total. The van der Waals surface area contributed by atoms with E-state index in [-0.39, 0.29) is 0 Å². The van der Waals surface area contributed by atoms with E-state index >= 15 is 0 Å². The fraction of sp³-hybridized carbons (Fsp3) is 0.200. The van der Waals surface area contributed by atoms with Gasteiger partial charge in [0.1, 0.15) is 18.1 Å². The van der Waals surface area contributed by atoms with E-state index in [2.05, 4.69) is 0 Å². The Morgan fingerprint density at radius 3 is 2.71 bits per heavy atom. The highest BCUT2D eigenvalue weighted by Gasteiger charge is 2.05. The van der Waals surface area contributed by atoms with Gasteiger partial charge in [-0.05, 0) is 42.7 Å². The molecule has 2 heteroatoms. The van der Waals surface area contributed by atoms with Crippen LogP contribution < -0.4 is 0 Å². The molecule has 0 unspecified atom stereocenters. The van der Waals surface area contributed by atoms with Crippen molar-refractivity contribution in [1.29, 1.82) is 0 Å². The minimum atomic E-state index is 0.303. The lowest BCUT2D eigenvalue weighted by Gasteiger charge is -2.10. The Bertz CT molecular complexity index is 467. The van der Waals surface area contributed by atoms with Gasteiger partial charge in [-0.3, -0.25) is 0 Å². The van der Waals surface area contributed by atoms with E-state index in [1.54, 1.807) is 12.2 Å². The molecule has 0 saturated heterocycles. The van der Waals surface area contributed by atoms with Gasteiger partial charge in [-0.15, -0.1) is 0 Å². The van der Waals surface area contributed by atoms with Gasteiger partial charge in [0, 0.05) is 0 Å². The molecule has 0 aliphatic heterocycles. The van der Waals surface area contributed by atoms with Crippen LogP contribution in [0.4, 0.5) is 0 Å². The molecule has 1 aliphatic carbocycles. The minimum Gasteiger partial charge on any atom is -0.508 e. The summed E-state index contributed by atoms with van der Waals surface area (Å²) in [5.41, 5.74) is 2.09. The van der Waals surface area contributed by atoms with Crippen LogP contribution in [-0.2, 0) is 11.3 Å². The number of ether oxygens (including phenoxy) is 1. The number of allylic oxidation sites excluding steroid dienone is 4. The van der Waals surface area contributed by atoms with Crippen molar-refractivity contribution in [2.45, 2.75) is 20.0 Å². The summed E-state index contributed by atoms with van der Waals surface area (Å²) in [4.78, 5) is 0. The first-order valence-electron chi connectivity index (χ1n) is 5.70. The van der Waals surface area contributed by atoms with E-state index in [9.17, 15) is 5.11 Å². The third-order valence-electron chi connectivity index (χ3n) is 2.62. The van der Waals surface area contributed by atoms with Crippen LogP contribution in [0.5, 0.6) is 0 Å². The number of hydrogen-bond acceptors (Lipinski definition) is 2. The predicted molar refractivity (Wildman–Crippen MR) is 68.4 cm³/mol. The Hall–Kier alpha value is -1.96. The SMILES string of the molecule is CC1=CC(O)=CCC=C1OCc1ccccc1. The third-order valence-corrected chi connectivity index (χ3v) is 2.62. The molecule has 1 N–H and O–H groups in total. The van der Waals surface area contributed by atoms with Crippen molar-refractivity contribution in [3.05, 3.63) is 71.2 Å². The van der Waals surface area contributed by atoms with E-state index in [0.29, 0.717) is 18.8 Å². The van der Waals surface area contributed by atoms with Gasteiger partial charge >= 0.3 is 0 Å². The van der Waals surface area contributed by atoms with E-state index < -0.39 is 0 Å². The minimum absolute atomic E-state index is 0.303. The van der Waals surface area contributed by atoms with Crippen LogP contribution in [0, 0.1) is 0 Å². The van der Waals surface area contributed by atoms with E-state index in [1.807, 2.05) is 43.3 Å². The third kappa shape index (κ3) is 3.25. The lowest BCUT2D eigenvalue weighted by atomic mass is 10.2. The van der Waals surface area contributed by atoms with Crippen LogP contribution >= 0.6 is 0 Å². The van der Waals surface area contributed by atoms with Gasteiger partial charge in [0.2, 0.25) is 0 Å². The van der Waals surface area contributed by atoms with Gasteiger partial charge in [-0.2, -0.15) is 0 Å². The summed E-state index contributed by atoms with van der Waals surface area (Å²) in [5.74, 6) is 1.14. The molecule has 0 bridgehead atoms. The maximum Gasteiger partial charge on any atom is 0.119 e. The van der Waals surface area contributed by atoms with E-state index in [0.717, 1.165) is 16.9 Å². The van der Waals surface area contributed by atoms with Crippen molar-refractivity contribution in [3.63, 3.8) is 0 Å². The standard InChI is InChI=1S/C15H16O2/c1-12-10-14(16)8-5-9-15(12)17-11-13-6-3-2-4-7-13/h2-4,6-10,16H,5,11H2,1H3. The van der Waals surface area contributed by atoms with E-state index in [4.69, 9.17) is 4.74 Å². The maximum atomic E-state index is 9.46. The Morgan fingerprint density at radius 1 is 1.18 bits per heavy atom. The number of aliphatic hydroxyl groups is 1. The highest BCUT2D eigenvalue weighted by Crippen LogP contribution is 2.19. The van der Waals surface area contributed by atoms with Crippen molar-refractivity contribution < 1.29 is 9.84 Å². The van der Waals surface area contributed by atoms with Crippen LogP contribution in [0.3, 0.4) is 0 Å². The zero-order chi connectivity index (χ0) is 12.1. The Labute approximate surface area is 102 Å². The zero-order valence-electron chi connectivity index (χ0n) is 9.89. The molecule has 1 aromatic rings. The quantitative estimate of drug-likeness (QED) is 0.850. The largest absolute Gasteiger partial charge is 0.508 e. The monoisotopic (exact) mass is 228 g/mol. The summed E-state index contributed by atoms with van der Waals surface area (Å²) < 4.78 is 5.76. The second-order valence-corrected chi connectivity index (χ2v) is 4.03. The highest BCUT2D eigenvalue weighted by atomic mass is 16.5. The molecule has 0 fully saturated rings. The average Bonchev–Trinajstić information content (AvgIpc) is 2.49. The lowest BCUT2D eigenvalue weighted by Crippen LogP contribution is -1.95. The Kier molecular flexibility index (Phi) is 3.66. The topological polar surface area (TPSA) is 29.5 Å². The molecule has 0 atom stereocenters. The normalized spacial score (nSPS) is 15.5. The number of aliphatic hydroxyl groups excluding tert-OH is 1. The second kappa shape index (κ2) is 5.39. The van der Waals surface area contributed by atoms with Crippen molar-refractivity contribution in [3.8, 4) is 0 Å². The molecular formula is C15H16O2. The lowest BCUT2D eigenvalue weighted by molar-refractivity contribution is 0.206. The first-order valence-corrected chi connectivity index (χ1v) is 5.70. The van der Waals surface area contributed by atoms with Crippen molar-refractivity contribution >= 4 is 0 Å². The average molecular weight is 228 g/mol. The highest BCUT2D eigenvalue weighted by molar-refractivity contribution is 5.33. The van der Waals surface area contributed by atoms with Crippen molar-refractivity contribution in [2.24, 2.45) is 0 Å². The van der Waals surface area contributed by atoms with Gasteiger partial charge in [0.15, 0.2) is 0 Å². The number of rotatable bonds is 3. The smallest absolute Gasteiger partial charge is 0.119 e. The molecule has 0 radical (unpaired) electrons. The maximum absolute atomic E-state index is 9.46. The summed E-state index contributed by atoms with van der Waals surface area (Å²) in [6.45, 7) is 2.49. The Morgan fingerprint density at radius 2 is 1.94 bits per heavy atom. The molecule has 0 heterocycles. The number of benzene rings is 1. The molecule has 0 amide bonds. The molecule has 1 aliphatic rings. The first-order chi connectivity index (χ1) is 8.25. The van der Waals surface area contributed by atoms with Gasteiger partial charge in [0.25, 0.3) is 0 Å². The van der Waals surface area contributed by atoms with Crippen LogP contribution in [0.25, 0.3) is 0 Å². The molecular weight excluding hydrogens is 212 g/mol. The van der Waals surface area contributed by atoms with Crippen molar-refractivity contribution in [2.75, 3.05) is 0 Å². The molecule has 88 valence electrons. The summed E-state index contributed by atoms with van der Waals surface area (Å²) in [6.07, 6.45) is 6.17. The summed E-state index contributed by atoms with van der Waals surface area (Å²) in [7, 11) is 0. The number of hydrogen-bond donors (Lipinski definition) is 1. The molecule has 2 rings (SSSR count). The molecule has 0 aromatic heterocycles. The van der Waals surface area contributed by atoms with Crippen molar-refractivity contribution in [1.82, 2.24) is 0 Å². The van der Waals surface area contributed by atoms with Crippen LogP contribution in [0.15, 0.2) is 65.7 Å². The summed E-state index contributed by atoms with van der Waals surface area (Å²) in [5, 5.41) is 9.46. The van der Waals surface area contributed by atoms with E-state index in [1.165, 1.54) is 0 Å². The van der Waals surface area contributed by atoms with Gasteiger partial charge in [-0.25, -0.2) is 0 Å². The predicted octanol–water partition coefficient (Wildman–Crippen LogP) is 3.88. The molecule has 0 saturated carbocycles. The second-order valence-electron chi connectivity index (χ2n) is 4.03. The van der Waals surface area contributed by atoms with Gasteiger partial charge < -0.3 is 9.84 Å². The van der Waals surface area contributed by atoms with Crippen LogP contribution in [0.2, 0.25) is 0 Å². The Balaban J connectivity index is 2.01. The molecule has 1 aromatic carbocycles. The fourth-order valence-corrected chi connectivity index (χ4v) is 1.71. The molecule has 17 heavy (non-hydrogen) atoms. The molecule has 0 spiro atoms. The fourth-order valence-electron chi connectivity index (χ4n) is 1.71. The first kappa shape index (κ1) is 11.5. The summed E-state index contributed by atoms with van der Waals surface area (Å²) in [6, 6.07) is 10.0. The van der Waals surface area contributed by atoms with Crippen LogP contribution in [0.1, 0.15) is 18.9 Å². The zero-order valence-corrected chi connectivity index (χ0v) is 9.89. The van der Waals surface area contributed by atoms with Gasteiger partial charge in [0.05, 0.1) is 0 Å². The van der Waals surface area contributed by atoms with Gasteiger partial charge in [-0.1, -0.05) is 30.3 Å². The van der Waals surface area contributed by atoms with Crippen LogP contribution in [-0.4, -0.2) is 5.11 Å².